The molecule has 0 aliphatic rings. The van der Waals surface area contributed by atoms with Gasteiger partial charge in [-0.05, 0) is 61.4 Å². The highest BCUT2D eigenvalue weighted by Gasteiger charge is 2.45. The zero-order chi connectivity index (χ0) is 22.1. The van der Waals surface area contributed by atoms with Gasteiger partial charge in [0, 0.05) is 6.08 Å². The fourth-order valence-corrected chi connectivity index (χ4v) is 8.14. The lowest BCUT2D eigenvalue weighted by atomic mass is 10.2. The molecule has 0 bridgehead atoms. The van der Waals surface area contributed by atoms with E-state index in [0.29, 0.717) is 5.57 Å². The number of carboxylic acid groups (broad SMARTS) is 1. The number of carboxylic acids is 1. The van der Waals surface area contributed by atoms with Crippen molar-refractivity contribution in [2.45, 2.75) is 13.8 Å². The maximum Gasteiger partial charge on any atom is 0.328 e. The molecule has 0 atom stereocenters. The Morgan fingerprint density at radius 3 is 1.58 bits per heavy atom. The van der Waals surface area contributed by atoms with E-state index < -0.39 is 13.2 Å². The van der Waals surface area contributed by atoms with Crippen molar-refractivity contribution in [3.05, 3.63) is 126 Å². The zero-order valence-corrected chi connectivity index (χ0v) is 18.9. The molecule has 3 aromatic carbocycles. The van der Waals surface area contributed by atoms with Gasteiger partial charge in [-0.15, -0.1) is 0 Å². The van der Waals surface area contributed by atoms with E-state index in [4.69, 9.17) is 5.11 Å². The monoisotopic (exact) mass is 427 g/mol. The number of allylic oxidation sites excluding steroid dienone is 5. The highest BCUT2D eigenvalue weighted by molar-refractivity contribution is 7.95. The summed E-state index contributed by atoms with van der Waals surface area (Å²) in [5.41, 5.74) is 1.97. The van der Waals surface area contributed by atoms with E-state index in [-0.39, 0.29) is 0 Å². The first kappa shape index (κ1) is 22.5. The normalized spacial score (nSPS) is 12.8. The summed E-state index contributed by atoms with van der Waals surface area (Å²) in [5.74, 6) is -0.926. The third kappa shape index (κ3) is 5.69. The van der Waals surface area contributed by atoms with Gasteiger partial charge in [0.15, 0.2) is 0 Å². The Morgan fingerprint density at radius 2 is 1.19 bits per heavy atom. The molecule has 0 aliphatic heterocycles. The minimum Gasteiger partial charge on any atom is -0.478 e. The van der Waals surface area contributed by atoms with Crippen LogP contribution in [0.15, 0.2) is 126 Å². The van der Waals surface area contributed by atoms with E-state index in [0.717, 1.165) is 6.16 Å². The van der Waals surface area contributed by atoms with Gasteiger partial charge in [0.25, 0.3) is 0 Å². The standard InChI is InChI=1S/C28H27O2P/c1-23(21-28(29)30)13-12-14-24(2)22-31(25-15-6-3-7-16-25,26-17-8-4-9-18-26)27-19-10-5-11-20-27/h3-21H,22H2,1-2H3/p+1/b13-12+,23-21+,24-14+. The summed E-state index contributed by atoms with van der Waals surface area (Å²) in [5, 5.41) is 13.0. The summed E-state index contributed by atoms with van der Waals surface area (Å²) >= 11 is 0. The Bertz CT molecular complexity index is 985. The van der Waals surface area contributed by atoms with Crippen LogP contribution in [-0.4, -0.2) is 17.2 Å². The van der Waals surface area contributed by atoms with Gasteiger partial charge in [-0.2, -0.15) is 0 Å². The molecule has 156 valence electrons. The Hall–Kier alpha value is -3.22. The summed E-state index contributed by atoms with van der Waals surface area (Å²) in [6.45, 7) is 3.95. The lowest BCUT2D eigenvalue weighted by Crippen LogP contribution is -2.33. The van der Waals surface area contributed by atoms with Gasteiger partial charge in [-0.25, -0.2) is 4.79 Å². The molecule has 0 unspecified atom stereocenters. The third-order valence-corrected chi connectivity index (χ3v) is 9.68. The average molecular weight is 428 g/mol. The topological polar surface area (TPSA) is 37.3 Å². The van der Waals surface area contributed by atoms with Crippen LogP contribution in [0.25, 0.3) is 0 Å². The smallest absolute Gasteiger partial charge is 0.328 e. The number of carbonyl (C=O) groups is 1. The molecule has 3 aromatic rings. The minimum atomic E-state index is -1.91. The maximum absolute atomic E-state index is 10.8. The molecule has 0 amide bonds. The molecule has 0 aromatic heterocycles. The van der Waals surface area contributed by atoms with E-state index in [1.807, 2.05) is 12.2 Å². The van der Waals surface area contributed by atoms with Crippen LogP contribution in [0.1, 0.15) is 13.8 Å². The van der Waals surface area contributed by atoms with Crippen LogP contribution in [0.4, 0.5) is 0 Å². The van der Waals surface area contributed by atoms with Crippen molar-refractivity contribution >= 4 is 29.1 Å². The van der Waals surface area contributed by atoms with Crippen molar-refractivity contribution in [3.8, 4) is 0 Å². The van der Waals surface area contributed by atoms with Gasteiger partial charge in [-0.3, -0.25) is 0 Å². The van der Waals surface area contributed by atoms with Crippen LogP contribution in [0.5, 0.6) is 0 Å². The Morgan fingerprint density at radius 1 is 0.774 bits per heavy atom. The highest BCUT2D eigenvalue weighted by Crippen LogP contribution is 2.56. The van der Waals surface area contributed by atoms with Crippen LogP contribution in [0.3, 0.4) is 0 Å². The molecule has 3 heteroatoms. The van der Waals surface area contributed by atoms with Crippen molar-refractivity contribution in [1.29, 1.82) is 0 Å². The summed E-state index contributed by atoms with van der Waals surface area (Å²) < 4.78 is 0. The van der Waals surface area contributed by atoms with E-state index in [1.54, 1.807) is 6.92 Å². The molecular weight excluding hydrogens is 399 g/mol. The highest BCUT2D eigenvalue weighted by atomic mass is 31.2. The van der Waals surface area contributed by atoms with Crippen LogP contribution < -0.4 is 15.9 Å². The minimum absolute atomic E-state index is 0.715. The van der Waals surface area contributed by atoms with Crippen molar-refractivity contribution in [2.75, 3.05) is 6.16 Å². The summed E-state index contributed by atoms with van der Waals surface area (Å²) in [6, 6.07) is 32.4. The van der Waals surface area contributed by atoms with E-state index in [9.17, 15) is 4.79 Å². The Balaban J connectivity index is 2.11. The fraction of sp³-hybridized carbons (Fsp3) is 0.107. The predicted molar refractivity (Wildman–Crippen MR) is 134 cm³/mol. The molecule has 0 spiro atoms. The Kier molecular flexibility index (Phi) is 7.76. The largest absolute Gasteiger partial charge is 0.478 e. The number of hydrogen-bond donors (Lipinski definition) is 1. The van der Waals surface area contributed by atoms with Gasteiger partial charge in [0.2, 0.25) is 0 Å². The molecule has 1 N–H and O–H groups in total. The molecule has 31 heavy (non-hydrogen) atoms. The van der Waals surface area contributed by atoms with Gasteiger partial charge < -0.3 is 5.11 Å². The van der Waals surface area contributed by atoms with Gasteiger partial charge >= 0.3 is 5.97 Å². The number of hydrogen-bond acceptors (Lipinski definition) is 1. The molecule has 0 radical (unpaired) electrons. The zero-order valence-electron chi connectivity index (χ0n) is 18.0. The average Bonchev–Trinajstić information content (AvgIpc) is 2.79. The van der Waals surface area contributed by atoms with Gasteiger partial charge in [0.1, 0.15) is 23.2 Å². The third-order valence-electron chi connectivity index (χ3n) is 5.17. The number of aliphatic carboxylic acids is 1. The first-order chi connectivity index (χ1) is 15.0. The molecule has 2 nitrogen and oxygen atoms in total. The second kappa shape index (κ2) is 10.7. The lowest BCUT2D eigenvalue weighted by Gasteiger charge is -2.28. The summed E-state index contributed by atoms with van der Waals surface area (Å²) in [4.78, 5) is 10.8. The quantitative estimate of drug-likeness (QED) is 0.292. The van der Waals surface area contributed by atoms with Crippen molar-refractivity contribution in [1.82, 2.24) is 0 Å². The molecule has 0 aliphatic carbocycles. The fourth-order valence-electron chi connectivity index (χ4n) is 3.80. The van der Waals surface area contributed by atoms with Gasteiger partial charge in [0.05, 0.1) is 6.16 Å². The van der Waals surface area contributed by atoms with Crippen LogP contribution in [0.2, 0.25) is 0 Å². The number of benzene rings is 3. The predicted octanol–water partition coefficient (Wildman–Crippen LogP) is 5.51. The molecule has 0 fully saturated rings. The van der Waals surface area contributed by atoms with Crippen LogP contribution >= 0.6 is 7.26 Å². The SMILES string of the molecule is CC(/C=C/C=C(\C)C[P+](c1ccccc1)(c1ccccc1)c1ccccc1)=C\C(=O)O. The molecule has 0 heterocycles. The molecule has 3 rings (SSSR count). The first-order valence-electron chi connectivity index (χ1n) is 10.3. The van der Waals surface area contributed by atoms with E-state index in [2.05, 4.69) is 104 Å². The molecule has 0 saturated carbocycles. The van der Waals surface area contributed by atoms with E-state index >= 15 is 0 Å². The molecule has 0 saturated heterocycles. The second-order valence-electron chi connectivity index (χ2n) is 7.57. The molecular formula is C28H28O2P+. The Labute approximate surface area is 185 Å². The first-order valence-corrected chi connectivity index (χ1v) is 12.3. The van der Waals surface area contributed by atoms with Crippen LogP contribution in [0, 0.1) is 0 Å². The van der Waals surface area contributed by atoms with Crippen molar-refractivity contribution in [2.24, 2.45) is 0 Å². The number of rotatable bonds is 8. The van der Waals surface area contributed by atoms with Crippen molar-refractivity contribution in [3.63, 3.8) is 0 Å². The maximum atomic E-state index is 10.8. The van der Waals surface area contributed by atoms with E-state index in [1.165, 1.54) is 27.6 Å². The van der Waals surface area contributed by atoms with Crippen molar-refractivity contribution < 1.29 is 9.90 Å². The second-order valence-corrected chi connectivity index (χ2v) is 11.1. The van der Waals surface area contributed by atoms with Gasteiger partial charge in [-0.1, -0.05) is 72.8 Å². The lowest BCUT2D eigenvalue weighted by molar-refractivity contribution is -0.131. The van der Waals surface area contributed by atoms with Crippen LogP contribution in [-0.2, 0) is 4.79 Å². The summed E-state index contributed by atoms with van der Waals surface area (Å²) in [6.07, 6.45) is 8.01. The summed E-state index contributed by atoms with van der Waals surface area (Å²) in [7, 11) is -1.91.